The summed E-state index contributed by atoms with van der Waals surface area (Å²) in [4.78, 5) is 21.3. The first kappa shape index (κ1) is 19.0. The van der Waals surface area contributed by atoms with Crippen LogP contribution in [0.25, 0.3) is 0 Å². The molecular formula is C13H16ClHgNO6. The fourth-order valence-electron chi connectivity index (χ4n) is 2.09. The minimum absolute atomic E-state index is 0.0902. The Morgan fingerprint density at radius 1 is 1.36 bits per heavy atom. The van der Waals surface area contributed by atoms with Crippen molar-refractivity contribution in [1.82, 2.24) is 0 Å². The Kier molecular flexibility index (Phi) is 8.48. The number of benzene rings is 1. The standard InChI is InChI=1S/C13H16NO6.ClH.Hg/c1-4-10(20-8-15)5-9-6-12(18-2)13(19-3)7-11(9)14(16)17;;/h6-8,10H,1,4-5H2,2-3H3;1H;/q;;+1/p-1. The van der Waals surface area contributed by atoms with E-state index in [0.29, 0.717) is 24.2 Å². The normalized spacial score (nSPS) is 11.2. The number of nitro groups is 1. The zero-order chi connectivity index (χ0) is 16.5. The third kappa shape index (κ3) is 5.28. The molecule has 1 atom stereocenters. The van der Waals surface area contributed by atoms with Crippen LogP contribution in [-0.4, -0.2) is 31.7 Å². The van der Waals surface area contributed by atoms with Crippen LogP contribution in [0.15, 0.2) is 12.1 Å². The van der Waals surface area contributed by atoms with Crippen molar-refractivity contribution in [3.05, 3.63) is 27.8 Å². The second-order valence-corrected chi connectivity index (χ2v) is 12.0. The van der Waals surface area contributed by atoms with Crippen LogP contribution in [0.4, 0.5) is 5.69 Å². The number of hydrogen-bond donors (Lipinski definition) is 0. The number of carbonyl (C=O) groups excluding carboxylic acids is 1. The number of rotatable bonds is 10. The van der Waals surface area contributed by atoms with Crippen molar-refractivity contribution < 1.29 is 47.3 Å². The Balaban J connectivity index is 3.13. The van der Waals surface area contributed by atoms with Crippen LogP contribution in [0.2, 0.25) is 3.93 Å². The topological polar surface area (TPSA) is 87.9 Å². The summed E-state index contributed by atoms with van der Waals surface area (Å²) in [6, 6.07) is 2.86. The van der Waals surface area contributed by atoms with Gasteiger partial charge in [-0.3, -0.25) is 0 Å². The molecule has 0 saturated heterocycles. The quantitative estimate of drug-likeness (QED) is 0.205. The van der Waals surface area contributed by atoms with Gasteiger partial charge in [0, 0.05) is 0 Å². The summed E-state index contributed by atoms with van der Waals surface area (Å²) in [5.74, 6) is 0.675. The molecule has 9 heteroatoms. The zero-order valence-electron chi connectivity index (χ0n) is 12.4. The first-order valence-electron chi connectivity index (χ1n) is 6.61. The molecule has 0 fully saturated rings. The molecule has 0 heterocycles. The predicted octanol–water partition coefficient (Wildman–Crippen LogP) is 2.74. The molecule has 0 aliphatic carbocycles. The van der Waals surface area contributed by atoms with Crippen molar-refractivity contribution >= 4 is 20.4 Å². The first-order valence-corrected chi connectivity index (χ1v) is 17.3. The maximum atomic E-state index is 11.2. The van der Waals surface area contributed by atoms with Crippen LogP contribution in [0.3, 0.4) is 0 Å². The van der Waals surface area contributed by atoms with Crippen molar-refractivity contribution in [2.75, 3.05) is 14.2 Å². The van der Waals surface area contributed by atoms with Crippen LogP contribution in [-0.2, 0) is 39.3 Å². The summed E-state index contributed by atoms with van der Waals surface area (Å²) in [6.07, 6.45) is 0.433. The number of carbonyl (C=O) groups is 1. The molecule has 0 amide bonds. The van der Waals surface area contributed by atoms with E-state index >= 15 is 0 Å². The van der Waals surface area contributed by atoms with Gasteiger partial charge in [-0.2, -0.15) is 0 Å². The third-order valence-corrected chi connectivity index (χ3v) is 8.11. The van der Waals surface area contributed by atoms with E-state index in [1.54, 1.807) is 6.07 Å². The van der Waals surface area contributed by atoms with E-state index in [1.165, 1.54) is 20.3 Å². The number of ether oxygens (including phenoxy) is 3. The number of nitro benzene ring substituents is 1. The summed E-state index contributed by atoms with van der Waals surface area (Å²) < 4.78 is 16.1. The van der Waals surface area contributed by atoms with Crippen molar-refractivity contribution in [3.8, 4) is 11.5 Å². The van der Waals surface area contributed by atoms with Gasteiger partial charge < -0.3 is 0 Å². The molecule has 0 aliphatic rings. The maximum absolute atomic E-state index is 11.2. The Hall–Kier alpha value is -1.08. The molecule has 1 aromatic carbocycles. The average molecular weight is 518 g/mol. The number of methoxy groups -OCH3 is 2. The summed E-state index contributed by atoms with van der Waals surface area (Å²) >= 11 is -1.35. The van der Waals surface area contributed by atoms with Gasteiger partial charge in [0.1, 0.15) is 0 Å². The fraction of sp³-hybridized carbons (Fsp3) is 0.462. The molecule has 7 nitrogen and oxygen atoms in total. The minimum atomic E-state index is -1.35. The van der Waals surface area contributed by atoms with E-state index in [0.717, 1.165) is 3.93 Å². The average Bonchev–Trinajstić information content (AvgIpc) is 2.51. The predicted molar refractivity (Wildman–Crippen MR) is 76.1 cm³/mol. The van der Waals surface area contributed by atoms with Crippen molar-refractivity contribution in [2.24, 2.45) is 0 Å². The molecular weight excluding hydrogens is 502 g/mol. The van der Waals surface area contributed by atoms with E-state index in [9.17, 15) is 14.9 Å². The van der Waals surface area contributed by atoms with Gasteiger partial charge in [-0.15, -0.1) is 0 Å². The van der Waals surface area contributed by atoms with Crippen LogP contribution in [0.5, 0.6) is 11.5 Å². The molecule has 0 aromatic heterocycles. The Bertz CT molecular complexity index is 527. The summed E-state index contributed by atoms with van der Waals surface area (Å²) in [5.41, 5.74) is 0.341. The molecule has 1 rings (SSSR count). The van der Waals surface area contributed by atoms with E-state index < -0.39 is 34.4 Å². The molecule has 0 radical (unpaired) electrons. The zero-order valence-corrected chi connectivity index (χ0v) is 18.7. The second-order valence-electron chi connectivity index (χ2n) is 4.48. The molecule has 1 unspecified atom stereocenters. The van der Waals surface area contributed by atoms with Gasteiger partial charge in [-0.25, -0.2) is 0 Å². The van der Waals surface area contributed by atoms with E-state index in [2.05, 4.69) is 0 Å². The van der Waals surface area contributed by atoms with Crippen LogP contribution in [0, 0.1) is 10.1 Å². The van der Waals surface area contributed by atoms with E-state index in [1.807, 2.05) is 0 Å². The van der Waals surface area contributed by atoms with Gasteiger partial charge in [0.15, 0.2) is 0 Å². The van der Waals surface area contributed by atoms with Gasteiger partial charge >= 0.3 is 144 Å². The SMILES string of the molecule is COc1cc(CC(C[CH2][Hg][Cl])OC=O)c([N+](=O)[O-])cc1OC. The van der Waals surface area contributed by atoms with Gasteiger partial charge in [-0.1, -0.05) is 0 Å². The Morgan fingerprint density at radius 2 is 2.00 bits per heavy atom. The number of hydrogen-bond acceptors (Lipinski definition) is 6. The van der Waals surface area contributed by atoms with Gasteiger partial charge in [0.2, 0.25) is 0 Å². The molecule has 1 aromatic rings. The second kappa shape index (κ2) is 9.84. The summed E-state index contributed by atoms with van der Waals surface area (Å²) in [6.45, 7) is 0.363. The molecule has 0 saturated carbocycles. The van der Waals surface area contributed by atoms with E-state index in [4.69, 9.17) is 22.5 Å². The fourth-order valence-corrected chi connectivity index (χ4v) is 5.81. The molecule has 22 heavy (non-hydrogen) atoms. The molecule has 0 spiro atoms. The monoisotopic (exact) mass is 519 g/mol. The number of halogens is 1. The van der Waals surface area contributed by atoms with Crippen molar-refractivity contribution in [3.63, 3.8) is 0 Å². The Morgan fingerprint density at radius 3 is 2.50 bits per heavy atom. The van der Waals surface area contributed by atoms with Gasteiger partial charge in [-0.05, 0) is 0 Å². The molecule has 0 aliphatic heterocycles. The van der Waals surface area contributed by atoms with Crippen LogP contribution < -0.4 is 9.47 Å². The summed E-state index contributed by atoms with van der Waals surface area (Å²) in [7, 11) is 8.72. The third-order valence-electron chi connectivity index (χ3n) is 3.14. The number of nitrogens with zero attached hydrogens (tertiary/aromatic N) is 1. The van der Waals surface area contributed by atoms with Crippen LogP contribution >= 0.6 is 8.25 Å². The molecule has 118 valence electrons. The van der Waals surface area contributed by atoms with Gasteiger partial charge in [0.05, 0.1) is 0 Å². The van der Waals surface area contributed by atoms with Crippen LogP contribution in [0.1, 0.15) is 12.0 Å². The van der Waals surface area contributed by atoms with Gasteiger partial charge in [0.25, 0.3) is 0 Å². The summed E-state index contributed by atoms with van der Waals surface area (Å²) in [5, 5.41) is 11.2. The van der Waals surface area contributed by atoms with Crippen molar-refractivity contribution in [2.45, 2.75) is 22.9 Å². The molecule has 0 bridgehead atoms. The first-order chi connectivity index (χ1) is 10.6. The van der Waals surface area contributed by atoms with E-state index in [-0.39, 0.29) is 17.9 Å². The Labute approximate surface area is 143 Å². The molecule has 0 N–H and O–H groups in total. The van der Waals surface area contributed by atoms with Crippen molar-refractivity contribution in [1.29, 1.82) is 0 Å².